The van der Waals surface area contributed by atoms with Gasteiger partial charge in [-0.2, -0.15) is 0 Å². The Balaban J connectivity index is 0.000000244. The number of nitrogens with zero attached hydrogens (tertiary/aromatic N) is 4. The fourth-order valence-electron chi connectivity index (χ4n) is 10.1. The molecule has 68 heavy (non-hydrogen) atoms. The number of rotatable bonds is 8. The van der Waals surface area contributed by atoms with E-state index in [4.69, 9.17) is 14.4 Å². The standard InChI is InChI=1S/C44H38N3O.C17H22GeN.Ir/c1-44(2,3)37-27-31(29-14-5-4-6-15-29)21-25-39(37)47-40-33-17-10-9-16-30(33)20-24-38(40)46-42(47)36-19-11-18-34-35-23-22-32(26-28-12-7-8-13-28)45-43(35)48-41(34)36;1-13(2)15-11-17(14-9-7-6-8-10-14)19-12-16(15)18(3,4)5;/h4-6,9-11,14-18,20-25,27-28H,7-8,12-13,26H2,1-3H3;6-9,11-13H,1-5H3;/q2*-1;. The van der Waals surface area contributed by atoms with Crippen LogP contribution in [-0.2, 0) is 31.9 Å². The first kappa shape index (κ1) is 47.4. The van der Waals surface area contributed by atoms with E-state index in [2.05, 4.69) is 195 Å². The molecule has 6 aromatic carbocycles. The summed E-state index contributed by atoms with van der Waals surface area (Å²) in [5.74, 6) is 9.37. The van der Waals surface area contributed by atoms with Gasteiger partial charge in [-0.15, -0.1) is 18.2 Å². The van der Waals surface area contributed by atoms with Crippen LogP contribution in [0.3, 0.4) is 0 Å². The number of benzene rings is 6. The van der Waals surface area contributed by atoms with E-state index < -0.39 is 13.3 Å². The summed E-state index contributed by atoms with van der Waals surface area (Å²) in [6.07, 6.45) is 8.40. The van der Waals surface area contributed by atoms with Crippen LogP contribution in [0.15, 0.2) is 150 Å². The molecule has 345 valence electrons. The number of hydrogen-bond donors (Lipinski definition) is 0. The molecule has 11 rings (SSSR count). The van der Waals surface area contributed by atoms with Crippen LogP contribution < -0.4 is 4.40 Å². The molecule has 1 radical (unpaired) electrons. The van der Waals surface area contributed by atoms with E-state index >= 15 is 0 Å². The number of fused-ring (bicyclic) bond motifs is 6. The van der Waals surface area contributed by atoms with Crippen molar-refractivity contribution in [3.8, 4) is 39.5 Å². The van der Waals surface area contributed by atoms with Gasteiger partial charge in [0.1, 0.15) is 0 Å². The molecular weight excluding hydrogens is 1070 g/mol. The molecule has 0 bridgehead atoms. The minimum atomic E-state index is -1.85. The number of hydrogen-bond acceptors (Lipinski definition) is 4. The van der Waals surface area contributed by atoms with Crippen LogP contribution in [0.25, 0.3) is 83.3 Å². The third-order valence-electron chi connectivity index (χ3n) is 13.6. The Morgan fingerprint density at radius 3 is 2.24 bits per heavy atom. The van der Waals surface area contributed by atoms with E-state index in [0.29, 0.717) is 11.6 Å². The average molecular weight is 1130 g/mol. The van der Waals surface area contributed by atoms with Gasteiger partial charge in [-0.25, -0.2) is 4.98 Å². The molecule has 0 amide bonds. The zero-order chi connectivity index (χ0) is 46.5. The zero-order valence-electron chi connectivity index (χ0n) is 40.6. The molecule has 0 spiro atoms. The van der Waals surface area contributed by atoms with Crippen LogP contribution in [0.4, 0.5) is 0 Å². The summed E-state index contributed by atoms with van der Waals surface area (Å²) in [4.78, 5) is 15.1. The number of aromatic nitrogens is 4. The summed E-state index contributed by atoms with van der Waals surface area (Å²) in [5.41, 5.74) is 13.6. The number of imidazole rings is 1. The zero-order valence-corrected chi connectivity index (χ0v) is 45.1. The topological polar surface area (TPSA) is 56.7 Å². The van der Waals surface area contributed by atoms with Gasteiger partial charge in [0.15, 0.2) is 0 Å². The summed E-state index contributed by atoms with van der Waals surface area (Å²) in [6, 6.07) is 56.0. The van der Waals surface area contributed by atoms with Gasteiger partial charge in [0, 0.05) is 42.3 Å². The summed E-state index contributed by atoms with van der Waals surface area (Å²) >= 11 is -1.85. The second kappa shape index (κ2) is 19.4. The Hall–Kier alpha value is -5.66. The average Bonchev–Trinajstić information content (AvgIpc) is 4.09. The van der Waals surface area contributed by atoms with E-state index in [-0.39, 0.29) is 25.5 Å². The molecule has 1 aliphatic carbocycles. The first-order chi connectivity index (χ1) is 32.3. The maximum absolute atomic E-state index is 6.70. The van der Waals surface area contributed by atoms with E-state index in [9.17, 15) is 0 Å². The molecule has 0 atom stereocenters. The fourth-order valence-corrected chi connectivity index (χ4v) is 13.6. The fraction of sp³-hybridized carbons (Fsp3) is 0.262. The van der Waals surface area contributed by atoms with E-state index in [1.165, 1.54) is 57.7 Å². The van der Waals surface area contributed by atoms with Gasteiger partial charge in [-0.05, 0) is 70.2 Å². The minimum Gasteiger partial charge on any atom is 0 e. The van der Waals surface area contributed by atoms with Crippen molar-refractivity contribution in [2.45, 2.75) is 95.3 Å². The summed E-state index contributed by atoms with van der Waals surface area (Å²) in [7, 11) is 0. The first-order valence-corrected chi connectivity index (χ1v) is 31.5. The van der Waals surface area contributed by atoms with Crippen LogP contribution in [0.1, 0.15) is 83.0 Å². The third kappa shape index (κ3) is 9.40. The molecule has 1 fully saturated rings. The van der Waals surface area contributed by atoms with E-state index in [0.717, 1.165) is 79.1 Å². The maximum Gasteiger partial charge on any atom is 0 e. The van der Waals surface area contributed by atoms with Crippen LogP contribution in [-0.4, -0.2) is 32.8 Å². The Kier molecular flexibility index (Phi) is 13.5. The van der Waals surface area contributed by atoms with Gasteiger partial charge in [-0.3, -0.25) is 4.98 Å². The van der Waals surface area contributed by atoms with Gasteiger partial charge in [0.05, 0.1) is 22.4 Å². The third-order valence-corrected chi connectivity index (χ3v) is 17.9. The monoisotopic (exact) mass is 1130 g/mol. The van der Waals surface area contributed by atoms with Crippen LogP contribution in [0.5, 0.6) is 0 Å². The molecule has 1 saturated carbocycles. The predicted molar refractivity (Wildman–Crippen MR) is 283 cm³/mol. The molecule has 0 unspecified atom stereocenters. The minimum absolute atomic E-state index is 0. The quantitative estimate of drug-likeness (QED) is 0.112. The van der Waals surface area contributed by atoms with Gasteiger partial charge in [0.25, 0.3) is 0 Å². The number of pyridine rings is 2. The van der Waals surface area contributed by atoms with Crippen molar-refractivity contribution in [3.05, 3.63) is 175 Å². The Labute approximate surface area is 418 Å². The van der Waals surface area contributed by atoms with Crippen LogP contribution in [0.2, 0.25) is 17.3 Å². The molecule has 4 aromatic heterocycles. The predicted octanol–water partition coefficient (Wildman–Crippen LogP) is 15.9. The van der Waals surface area contributed by atoms with Crippen molar-refractivity contribution in [1.82, 2.24) is 19.5 Å². The Morgan fingerprint density at radius 2 is 1.50 bits per heavy atom. The SMILES string of the molecule is CC(C)(C)c1cc(-c2ccccc2)ccc1-n1c(-c2[c-]ccc3c2oc2nc(CC4CCCC4)ccc23)nc2ccc3ccccc3c21.CC(C)c1cc(-c2[c-]cccc2)nc[c]1[Ge]([CH3])([CH3])[CH3].[Ir]. The van der Waals surface area contributed by atoms with Gasteiger partial charge >= 0.3 is 119 Å². The summed E-state index contributed by atoms with van der Waals surface area (Å²) in [5, 5.41) is 4.42. The summed E-state index contributed by atoms with van der Waals surface area (Å²) in [6.45, 7) is 11.4. The van der Waals surface area contributed by atoms with Gasteiger partial charge < -0.3 is 8.98 Å². The van der Waals surface area contributed by atoms with Gasteiger partial charge in [0.2, 0.25) is 5.71 Å². The first-order valence-electron chi connectivity index (χ1n) is 24.1. The van der Waals surface area contributed by atoms with Gasteiger partial charge in [-0.1, -0.05) is 124 Å². The van der Waals surface area contributed by atoms with E-state index in [1.807, 2.05) is 24.3 Å². The second-order valence-electron chi connectivity index (χ2n) is 20.8. The van der Waals surface area contributed by atoms with Crippen molar-refractivity contribution in [2.24, 2.45) is 5.92 Å². The van der Waals surface area contributed by atoms with Crippen LogP contribution in [0, 0.1) is 18.1 Å². The molecule has 1 aliphatic rings. The van der Waals surface area contributed by atoms with Crippen molar-refractivity contribution >= 4 is 61.5 Å². The largest absolute Gasteiger partial charge is 0 e. The molecule has 0 aliphatic heterocycles. The van der Waals surface area contributed by atoms with E-state index in [1.54, 1.807) is 0 Å². The van der Waals surface area contributed by atoms with Crippen molar-refractivity contribution in [3.63, 3.8) is 0 Å². The number of furan rings is 1. The van der Waals surface area contributed by atoms with Crippen molar-refractivity contribution < 1.29 is 24.5 Å². The molecule has 4 heterocycles. The van der Waals surface area contributed by atoms with Crippen molar-refractivity contribution in [1.29, 1.82) is 0 Å². The second-order valence-corrected chi connectivity index (χ2v) is 31.4. The molecular formula is C61H60GeIrN4O-2. The molecule has 10 aromatic rings. The smallest absolute Gasteiger partial charge is 0 e. The Bertz CT molecular complexity index is 3390. The molecule has 7 heteroatoms. The molecule has 0 N–H and O–H groups in total. The van der Waals surface area contributed by atoms with Crippen LogP contribution >= 0.6 is 0 Å². The molecule has 5 nitrogen and oxygen atoms in total. The normalized spacial score (nSPS) is 13.4. The maximum atomic E-state index is 6.70. The van der Waals surface area contributed by atoms with Crippen molar-refractivity contribution in [2.75, 3.05) is 0 Å². The summed E-state index contributed by atoms with van der Waals surface area (Å²) < 4.78 is 10.6. The molecule has 0 saturated heterocycles. The Morgan fingerprint density at radius 1 is 0.735 bits per heavy atom.